The minimum absolute atomic E-state index is 0.152. The third-order valence-corrected chi connectivity index (χ3v) is 4.46. The molecular weight excluding hydrogens is 399 g/mol. The highest BCUT2D eigenvalue weighted by Gasteiger charge is 2.16. The van der Waals surface area contributed by atoms with Crippen molar-refractivity contribution in [3.63, 3.8) is 0 Å². The first-order valence-corrected chi connectivity index (χ1v) is 8.60. The van der Waals surface area contributed by atoms with Crippen molar-refractivity contribution in [3.8, 4) is 22.5 Å². The second kappa shape index (κ2) is 6.42. The van der Waals surface area contributed by atoms with Gasteiger partial charge in [0, 0.05) is 41.0 Å². The molecule has 0 atom stereocenters. The van der Waals surface area contributed by atoms with Gasteiger partial charge in [0.25, 0.3) is 0 Å². The van der Waals surface area contributed by atoms with Gasteiger partial charge < -0.3 is 0 Å². The van der Waals surface area contributed by atoms with E-state index < -0.39 is 0 Å². The molecule has 3 heterocycles. The monoisotopic (exact) mass is 410 g/mol. The molecule has 26 heavy (non-hydrogen) atoms. The molecule has 0 saturated carbocycles. The Morgan fingerprint density at radius 3 is 2.58 bits per heavy atom. The standard InChI is InChI=1S/C19H12BrFN4O/c1-11(26)16-9-18(12-4-6-22-7-5-12)25-19(23-16)10-17(24-25)14-3-2-13(20)8-15(14)21/h2-10H,1H3. The molecule has 3 aromatic heterocycles. The third kappa shape index (κ3) is 2.90. The number of halogens is 2. The van der Waals surface area contributed by atoms with Gasteiger partial charge in [0.2, 0.25) is 0 Å². The van der Waals surface area contributed by atoms with Crippen LogP contribution in [0, 0.1) is 5.82 Å². The van der Waals surface area contributed by atoms with Gasteiger partial charge in [0.05, 0.1) is 11.4 Å². The first kappa shape index (κ1) is 16.5. The lowest BCUT2D eigenvalue weighted by molar-refractivity contribution is 0.101. The number of carbonyl (C=O) groups is 1. The number of rotatable bonds is 3. The summed E-state index contributed by atoms with van der Waals surface area (Å²) in [7, 11) is 0. The number of pyridine rings is 1. The van der Waals surface area contributed by atoms with Crippen LogP contribution in [-0.2, 0) is 0 Å². The second-order valence-corrected chi connectivity index (χ2v) is 6.66. The highest BCUT2D eigenvalue weighted by Crippen LogP contribution is 2.28. The molecule has 0 unspecified atom stereocenters. The van der Waals surface area contributed by atoms with Crippen LogP contribution in [-0.4, -0.2) is 25.4 Å². The molecule has 0 saturated heterocycles. The molecule has 0 bridgehead atoms. The van der Waals surface area contributed by atoms with Crippen molar-refractivity contribution in [1.29, 1.82) is 0 Å². The highest BCUT2D eigenvalue weighted by atomic mass is 79.9. The van der Waals surface area contributed by atoms with Gasteiger partial charge in [-0.25, -0.2) is 13.9 Å². The number of ketones is 1. The van der Waals surface area contributed by atoms with Crippen molar-refractivity contribution < 1.29 is 9.18 Å². The van der Waals surface area contributed by atoms with Crippen LogP contribution in [0.3, 0.4) is 0 Å². The number of aromatic nitrogens is 4. The maximum Gasteiger partial charge on any atom is 0.178 e. The summed E-state index contributed by atoms with van der Waals surface area (Å²) in [6.45, 7) is 1.46. The molecule has 0 aliphatic heterocycles. The van der Waals surface area contributed by atoms with Crippen molar-refractivity contribution in [1.82, 2.24) is 19.6 Å². The maximum absolute atomic E-state index is 14.3. The molecule has 0 aliphatic carbocycles. The van der Waals surface area contributed by atoms with Crippen molar-refractivity contribution >= 4 is 27.4 Å². The lowest BCUT2D eigenvalue weighted by Gasteiger charge is -2.06. The van der Waals surface area contributed by atoms with Gasteiger partial charge in [-0.2, -0.15) is 5.10 Å². The molecule has 5 nitrogen and oxygen atoms in total. The van der Waals surface area contributed by atoms with E-state index in [9.17, 15) is 9.18 Å². The van der Waals surface area contributed by atoms with Gasteiger partial charge in [0.1, 0.15) is 11.5 Å². The van der Waals surface area contributed by atoms with Gasteiger partial charge in [-0.05, 0) is 36.4 Å². The quantitative estimate of drug-likeness (QED) is 0.464. The van der Waals surface area contributed by atoms with E-state index >= 15 is 0 Å². The van der Waals surface area contributed by atoms with Crippen LogP contribution in [0.25, 0.3) is 28.2 Å². The summed E-state index contributed by atoms with van der Waals surface area (Å²) >= 11 is 3.25. The zero-order chi connectivity index (χ0) is 18.3. The van der Waals surface area contributed by atoms with Crippen LogP contribution in [0.5, 0.6) is 0 Å². The van der Waals surface area contributed by atoms with Crippen LogP contribution >= 0.6 is 15.9 Å². The van der Waals surface area contributed by atoms with Crippen molar-refractivity contribution in [2.75, 3.05) is 0 Å². The topological polar surface area (TPSA) is 60.2 Å². The van der Waals surface area contributed by atoms with E-state index in [1.807, 2.05) is 12.1 Å². The predicted molar refractivity (Wildman–Crippen MR) is 99.3 cm³/mol. The maximum atomic E-state index is 14.3. The van der Waals surface area contributed by atoms with Crippen molar-refractivity contribution in [3.05, 3.63) is 70.8 Å². The van der Waals surface area contributed by atoms with Crippen LogP contribution in [0.2, 0.25) is 0 Å². The number of nitrogens with zero attached hydrogens (tertiary/aromatic N) is 4. The van der Waals surface area contributed by atoms with Gasteiger partial charge in [-0.1, -0.05) is 15.9 Å². The molecule has 0 amide bonds. The Morgan fingerprint density at radius 2 is 1.88 bits per heavy atom. The summed E-state index contributed by atoms with van der Waals surface area (Å²) in [6, 6.07) is 11.8. The minimum atomic E-state index is -0.389. The Hall–Kier alpha value is -2.93. The van der Waals surface area contributed by atoms with Crippen LogP contribution in [0.1, 0.15) is 17.4 Å². The number of carbonyl (C=O) groups excluding carboxylic acids is 1. The summed E-state index contributed by atoms with van der Waals surface area (Å²) in [6.07, 6.45) is 3.32. The molecule has 0 aliphatic rings. The van der Waals surface area contributed by atoms with Crippen LogP contribution in [0.15, 0.2) is 59.3 Å². The molecule has 1 aromatic carbocycles. The molecule has 0 fully saturated rings. The van der Waals surface area contributed by atoms with E-state index in [1.54, 1.807) is 41.2 Å². The Morgan fingerprint density at radius 1 is 1.12 bits per heavy atom. The Bertz CT molecular complexity index is 1140. The van der Waals surface area contributed by atoms with Crippen LogP contribution in [0.4, 0.5) is 4.39 Å². The Labute approximate surface area is 156 Å². The van der Waals surface area contributed by atoms with Crippen molar-refractivity contribution in [2.24, 2.45) is 0 Å². The molecule has 128 valence electrons. The summed E-state index contributed by atoms with van der Waals surface area (Å²) in [4.78, 5) is 20.2. The third-order valence-electron chi connectivity index (χ3n) is 3.97. The Balaban J connectivity index is 1.99. The summed E-state index contributed by atoms with van der Waals surface area (Å²) in [5.41, 5.74) is 3.13. The summed E-state index contributed by atoms with van der Waals surface area (Å²) < 4.78 is 16.6. The molecule has 0 N–H and O–H groups in total. The highest BCUT2D eigenvalue weighted by molar-refractivity contribution is 9.10. The normalized spacial score (nSPS) is 11.0. The average Bonchev–Trinajstić information content (AvgIpc) is 3.05. The zero-order valence-electron chi connectivity index (χ0n) is 13.6. The largest absolute Gasteiger partial charge is 0.293 e. The number of fused-ring (bicyclic) bond motifs is 1. The van der Waals surface area contributed by atoms with Gasteiger partial charge >= 0.3 is 0 Å². The SMILES string of the molecule is CC(=O)c1cc(-c2ccncc2)n2nc(-c3ccc(Br)cc3F)cc2n1. The molecule has 7 heteroatoms. The lowest BCUT2D eigenvalue weighted by atomic mass is 10.1. The molecule has 0 radical (unpaired) electrons. The fourth-order valence-electron chi connectivity index (χ4n) is 2.71. The van der Waals surface area contributed by atoms with E-state index in [0.717, 1.165) is 5.56 Å². The first-order chi connectivity index (χ1) is 12.5. The average molecular weight is 411 g/mol. The number of hydrogen-bond acceptors (Lipinski definition) is 4. The zero-order valence-corrected chi connectivity index (χ0v) is 15.2. The van der Waals surface area contributed by atoms with E-state index in [-0.39, 0.29) is 11.6 Å². The summed E-state index contributed by atoms with van der Waals surface area (Å²) in [5.74, 6) is -0.541. The second-order valence-electron chi connectivity index (χ2n) is 5.74. The fraction of sp³-hybridized carbons (Fsp3) is 0.0526. The number of benzene rings is 1. The van der Waals surface area contributed by atoms with E-state index in [2.05, 4.69) is 31.0 Å². The van der Waals surface area contributed by atoms with Gasteiger partial charge in [-0.3, -0.25) is 9.78 Å². The molecule has 4 aromatic rings. The van der Waals surface area contributed by atoms with E-state index in [4.69, 9.17) is 0 Å². The van der Waals surface area contributed by atoms with E-state index in [1.165, 1.54) is 13.0 Å². The van der Waals surface area contributed by atoms with Gasteiger partial charge in [-0.15, -0.1) is 0 Å². The first-order valence-electron chi connectivity index (χ1n) is 7.80. The van der Waals surface area contributed by atoms with Gasteiger partial charge in [0.15, 0.2) is 11.4 Å². The summed E-state index contributed by atoms with van der Waals surface area (Å²) in [5, 5.41) is 4.52. The fourth-order valence-corrected chi connectivity index (χ4v) is 3.05. The molecule has 0 spiro atoms. The number of Topliss-reactive ketones (excluding diaryl/α,β-unsaturated/α-hetero) is 1. The predicted octanol–water partition coefficient (Wildman–Crippen LogP) is 4.56. The molecular formula is C19H12BrFN4O. The Kier molecular flexibility index (Phi) is 4.08. The van der Waals surface area contributed by atoms with Crippen molar-refractivity contribution in [2.45, 2.75) is 6.92 Å². The lowest BCUT2D eigenvalue weighted by Crippen LogP contribution is -2.03. The van der Waals surface area contributed by atoms with Crippen LogP contribution < -0.4 is 0 Å². The smallest absolute Gasteiger partial charge is 0.178 e. The number of hydrogen-bond donors (Lipinski definition) is 0. The molecule has 4 rings (SSSR count). The van der Waals surface area contributed by atoms with E-state index in [0.29, 0.717) is 32.8 Å². The minimum Gasteiger partial charge on any atom is -0.293 e.